The van der Waals surface area contributed by atoms with E-state index in [-0.39, 0.29) is 11.1 Å². The largest absolute Gasteiger partial charge is 0.495 e. The summed E-state index contributed by atoms with van der Waals surface area (Å²) in [4.78, 5) is 27.3. The molecular weight excluding hydrogens is 294 g/mol. The van der Waals surface area contributed by atoms with Crippen molar-refractivity contribution < 1.29 is 9.53 Å². The van der Waals surface area contributed by atoms with Crippen LogP contribution in [0.4, 0.5) is 11.4 Å². The van der Waals surface area contributed by atoms with Crippen LogP contribution in [0.25, 0.3) is 0 Å². The first-order chi connectivity index (χ1) is 11.1. The predicted octanol–water partition coefficient (Wildman–Crippen LogP) is 2.10. The van der Waals surface area contributed by atoms with Gasteiger partial charge in [0.2, 0.25) is 0 Å². The summed E-state index contributed by atoms with van der Waals surface area (Å²) in [6.45, 7) is 0. The zero-order valence-corrected chi connectivity index (χ0v) is 12.9. The Kier molecular flexibility index (Phi) is 4.06. The minimum Gasteiger partial charge on any atom is -0.495 e. The first-order valence-corrected chi connectivity index (χ1v) is 7.58. The van der Waals surface area contributed by atoms with Crippen molar-refractivity contribution in [2.24, 2.45) is 0 Å². The maximum Gasteiger partial charge on any atom is 0.261 e. The summed E-state index contributed by atoms with van der Waals surface area (Å²) in [6, 6.07) is 6.65. The molecule has 1 aromatic heterocycles. The molecule has 0 bridgehead atoms. The third-order valence-corrected chi connectivity index (χ3v) is 4.07. The van der Waals surface area contributed by atoms with E-state index in [2.05, 4.69) is 10.3 Å². The second-order valence-corrected chi connectivity index (χ2v) is 5.63. The molecule has 4 N–H and O–H groups in total. The van der Waals surface area contributed by atoms with Crippen LogP contribution in [0.1, 0.15) is 34.5 Å². The van der Waals surface area contributed by atoms with Crippen LogP contribution in [-0.4, -0.2) is 18.0 Å². The van der Waals surface area contributed by atoms with Gasteiger partial charge in [-0.05, 0) is 55.5 Å². The number of carbonyl (C=O) groups is 1. The molecule has 0 atom stereocenters. The van der Waals surface area contributed by atoms with E-state index < -0.39 is 5.91 Å². The Hall–Kier alpha value is -2.76. The highest BCUT2D eigenvalue weighted by Gasteiger charge is 2.17. The Labute approximate surface area is 133 Å². The van der Waals surface area contributed by atoms with Gasteiger partial charge >= 0.3 is 0 Å². The third kappa shape index (κ3) is 3.06. The summed E-state index contributed by atoms with van der Waals surface area (Å²) in [6.07, 6.45) is 3.90. The number of aromatic amines is 1. The second kappa shape index (κ2) is 6.16. The van der Waals surface area contributed by atoms with Crippen LogP contribution in [0.2, 0.25) is 0 Å². The topological polar surface area (TPSA) is 97.2 Å². The van der Waals surface area contributed by atoms with E-state index in [9.17, 15) is 9.59 Å². The maximum absolute atomic E-state index is 12.4. The molecule has 1 aromatic carbocycles. The Bertz CT molecular complexity index is 811. The van der Waals surface area contributed by atoms with Gasteiger partial charge in [0.1, 0.15) is 11.3 Å². The van der Waals surface area contributed by atoms with Gasteiger partial charge in [-0.2, -0.15) is 0 Å². The molecule has 0 fully saturated rings. The highest BCUT2D eigenvalue weighted by molar-refractivity contribution is 6.04. The number of methoxy groups -OCH3 is 1. The molecular formula is C17H19N3O3. The smallest absolute Gasteiger partial charge is 0.261 e. The Morgan fingerprint density at radius 2 is 2.04 bits per heavy atom. The Morgan fingerprint density at radius 3 is 2.78 bits per heavy atom. The first-order valence-electron chi connectivity index (χ1n) is 7.58. The van der Waals surface area contributed by atoms with Crippen molar-refractivity contribution in [3.63, 3.8) is 0 Å². The molecule has 6 nitrogen and oxygen atoms in total. The number of amides is 1. The normalized spacial score (nSPS) is 13.3. The second-order valence-electron chi connectivity index (χ2n) is 5.63. The van der Waals surface area contributed by atoms with E-state index >= 15 is 0 Å². The monoisotopic (exact) mass is 313 g/mol. The number of benzene rings is 1. The molecule has 0 saturated carbocycles. The highest BCUT2D eigenvalue weighted by atomic mass is 16.5. The lowest BCUT2D eigenvalue weighted by atomic mass is 9.95. The number of hydrogen-bond acceptors (Lipinski definition) is 4. The van der Waals surface area contributed by atoms with E-state index in [4.69, 9.17) is 10.5 Å². The van der Waals surface area contributed by atoms with Crippen molar-refractivity contribution in [2.75, 3.05) is 18.2 Å². The number of nitrogens with one attached hydrogen (secondary N) is 2. The van der Waals surface area contributed by atoms with Gasteiger partial charge in [0.25, 0.3) is 11.5 Å². The van der Waals surface area contributed by atoms with Crippen LogP contribution in [0.3, 0.4) is 0 Å². The molecule has 0 radical (unpaired) electrons. The van der Waals surface area contributed by atoms with Gasteiger partial charge in [-0.3, -0.25) is 9.59 Å². The van der Waals surface area contributed by atoms with Crippen LogP contribution < -0.4 is 21.3 Å². The lowest BCUT2D eigenvalue weighted by Gasteiger charge is -2.16. The van der Waals surface area contributed by atoms with Gasteiger partial charge in [0.05, 0.1) is 12.8 Å². The van der Waals surface area contributed by atoms with Gasteiger partial charge in [-0.15, -0.1) is 0 Å². The number of fused-ring (bicyclic) bond motifs is 1. The van der Waals surface area contributed by atoms with Crippen LogP contribution in [0.15, 0.2) is 29.1 Å². The molecule has 1 heterocycles. The highest BCUT2D eigenvalue weighted by Crippen LogP contribution is 2.25. The molecule has 120 valence electrons. The number of rotatable bonds is 3. The van der Waals surface area contributed by atoms with E-state index in [0.717, 1.165) is 36.9 Å². The number of carbonyl (C=O) groups excluding carboxylic acids is 1. The average Bonchev–Trinajstić information content (AvgIpc) is 2.54. The minimum atomic E-state index is -0.441. The molecule has 3 rings (SSSR count). The van der Waals surface area contributed by atoms with Crippen molar-refractivity contribution in [1.82, 2.24) is 4.98 Å². The van der Waals surface area contributed by atoms with Gasteiger partial charge in [-0.25, -0.2) is 0 Å². The zero-order chi connectivity index (χ0) is 16.4. The number of nitrogen functional groups attached to an aromatic ring is 1. The predicted molar refractivity (Wildman–Crippen MR) is 89.1 cm³/mol. The Balaban J connectivity index is 1.86. The summed E-state index contributed by atoms with van der Waals surface area (Å²) in [5, 5.41) is 2.70. The van der Waals surface area contributed by atoms with E-state index in [0.29, 0.717) is 17.1 Å². The van der Waals surface area contributed by atoms with Crippen molar-refractivity contribution in [2.45, 2.75) is 25.7 Å². The molecule has 0 spiro atoms. The zero-order valence-electron chi connectivity index (χ0n) is 12.9. The molecule has 0 unspecified atom stereocenters. The van der Waals surface area contributed by atoms with Gasteiger partial charge in [0, 0.05) is 11.4 Å². The fourth-order valence-corrected chi connectivity index (χ4v) is 2.85. The van der Waals surface area contributed by atoms with Crippen molar-refractivity contribution >= 4 is 17.3 Å². The quantitative estimate of drug-likeness (QED) is 0.756. The number of hydrogen-bond donors (Lipinski definition) is 3. The van der Waals surface area contributed by atoms with E-state index in [1.54, 1.807) is 24.3 Å². The number of anilines is 2. The van der Waals surface area contributed by atoms with Crippen LogP contribution in [-0.2, 0) is 12.8 Å². The van der Waals surface area contributed by atoms with Gasteiger partial charge in [0.15, 0.2) is 0 Å². The van der Waals surface area contributed by atoms with Gasteiger partial charge < -0.3 is 20.8 Å². The molecule has 1 aliphatic carbocycles. The number of pyridine rings is 1. The number of nitrogens with two attached hydrogens (primary N) is 1. The number of aromatic nitrogens is 1. The molecule has 1 aliphatic rings. The Morgan fingerprint density at radius 1 is 1.26 bits per heavy atom. The summed E-state index contributed by atoms with van der Waals surface area (Å²) in [5.41, 5.74) is 8.53. The summed E-state index contributed by atoms with van der Waals surface area (Å²) < 4.78 is 5.08. The van der Waals surface area contributed by atoms with E-state index in [1.165, 1.54) is 7.11 Å². The SMILES string of the molecule is COc1ccc(NC(=O)c2cc3c([nH]c2=O)CCCC3)cc1N. The van der Waals surface area contributed by atoms with Crippen LogP contribution in [0.5, 0.6) is 5.75 Å². The van der Waals surface area contributed by atoms with Crippen molar-refractivity contribution in [3.8, 4) is 5.75 Å². The maximum atomic E-state index is 12.4. The molecule has 2 aromatic rings. The number of ether oxygens (including phenoxy) is 1. The van der Waals surface area contributed by atoms with Crippen LogP contribution in [0, 0.1) is 0 Å². The number of H-pyrrole nitrogens is 1. The minimum absolute atomic E-state index is 0.125. The average molecular weight is 313 g/mol. The van der Waals surface area contributed by atoms with Crippen molar-refractivity contribution in [3.05, 3.63) is 51.4 Å². The lowest BCUT2D eigenvalue weighted by Crippen LogP contribution is -2.26. The summed E-state index contributed by atoms with van der Waals surface area (Å²) in [5.74, 6) is 0.0961. The van der Waals surface area contributed by atoms with Gasteiger partial charge in [-0.1, -0.05) is 0 Å². The third-order valence-electron chi connectivity index (χ3n) is 4.07. The molecule has 6 heteroatoms. The summed E-state index contributed by atoms with van der Waals surface area (Å²) >= 11 is 0. The van der Waals surface area contributed by atoms with E-state index in [1.807, 2.05) is 0 Å². The molecule has 23 heavy (non-hydrogen) atoms. The molecule has 1 amide bonds. The summed E-state index contributed by atoms with van der Waals surface area (Å²) in [7, 11) is 1.52. The van der Waals surface area contributed by atoms with Crippen LogP contribution >= 0.6 is 0 Å². The standard InChI is InChI=1S/C17H19N3O3/c1-23-15-7-6-11(9-13(15)18)19-16(21)12-8-10-4-2-3-5-14(10)20-17(12)22/h6-9H,2-5,18H2,1H3,(H,19,21)(H,20,22). The molecule has 0 saturated heterocycles. The first kappa shape index (κ1) is 15.1. The fraction of sp³-hybridized carbons (Fsp3) is 0.294. The number of aryl methyl sites for hydroxylation is 2. The van der Waals surface area contributed by atoms with Crippen molar-refractivity contribution in [1.29, 1.82) is 0 Å². The lowest BCUT2D eigenvalue weighted by molar-refractivity contribution is 0.102. The molecule has 0 aliphatic heterocycles. The fourth-order valence-electron chi connectivity index (χ4n) is 2.85.